The van der Waals surface area contributed by atoms with Crippen LogP contribution in [-0.4, -0.2) is 40.3 Å². The molecule has 0 amide bonds. The van der Waals surface area contributed by atoms with Crippen LogP contribution in [0.25, 0.3) is 0 Å². The molecule has 0 aliphatic carbocycles. The Bertz CT molecular complexity index is 758. The number of nitrogens with one attached hydrogen (secondary N) is 1. The molecule has 2 aromatic rings. The zero-order valence-corrected chi connectivity index (χ0v) is 16.9. The van der Waals surface area contributed by atoms with Gasteiger partial charge >= 0.3 is 0 Å². The molecule has 1 atom stereocenters. The summed E-state index contributed by atoms with van der Waals surface area (Å²) in [6.45, 7) is 5.48. The first kappa shape index (κ1) is 18.3. The molecule has 0 saturated carbocycles. The van der Waals surface area contributed by atoms with Gasteiger partial charge in [0, 0.05) is 48.3 Å². The van der Waals surface area contributed by atoms with E-state index in [4.69, 9.17) is 16.6 Å². The summed E-state index contributed by atoms with van der Waals surface area (Å²) in [4.78, 5) is 7.13. The topological polar surface area (TPSA) is 45.5 Å². The van der Waals surface area contributed by atoms with Crippen LogP contribution in [0.15, 0.2) is 40.1 Å². The second-order valence-corrected chi connectivity index (χ2v) is 7.61. The van der Waals surface area contributed by atoms with E-state index in [0.29, 0.717) is 12.5 Å². The number of hydrogen-bond acceptors (Lipinski definition) is 2. The van der Waals surface area contributed by atoms with Gasteiger partial charge in [-0.25, -0.2) is 4.99 Å². The highest BCUT2D eigenvalue weighted by Crippen LogP contribution is 2.27. The van der Waals surface area contributed by atoms with Crippen LogP contribution in [0.2, 0.25) is 5.02 Å². The standard InChI is InChI=1S/C18H23BrClN5/c1-3-21-18(22-9-13-4-5-16(19)8-17(13)20)25-7-6-14(12-25)15-10-23-24(2)11-15/h4-5,8,10-11,14H,3,6-7,9,12H2,1-2H3,(H,21,22). The molecular formula is C18H23BrClN5. The van der Waals surface area contributed by atoms with Gasteiger partial charge in [0.2, 0.25) is 0 Å². The largest absolute Gasteiger partial charge is 0.357 e. The summed E-state index contributed by atoms with van der Waals surface area (Å²) in [5.41, 5.74) is 2.33. The second-order valence-electron chi connectivity index (χ2n) is 6.28. The van der Waals surface area contributed by atoms with Crippen LogP contribution in [0.5, 0.6) is 0 Å². The zero-order chi connectivity index (χ0) is 17.8. The number of nitrogens with zero attached hydrogens (tertiary/aromatic N) is 4. The molecule has 0 bridgehead atoms. The van der Waals surface area contributed by atoms with Crippen LogP contribution < -0.4 is 5.32 Å². The highest BCUT2D eigenvalue weighted by Gasteiger charge is 2.26. The number of rotatable bonds is 4. The van der Waals surface area contributed by atoms with Crippen LogP contribution in [0.4, 0.5) is 0 Å². The Hall–Kier alpha value is -1.53. The zero-order valence-electron chi connectivity index (χ0n) is 14.5. The van der Waals surface area contributed by atoms with Crippen LogP contribution in [-0.2, 0) is 13.6 Å². The van der Waals surface area contributed by atoms with Gasteiger partial charge in [0.15, 0.2) is 5.96 Å². The average molecular weight is 425 g/mol. The van der Waals surface area contributed by atoms with Crippen molar-refractivity contribution in [2.75, 3.05) is 19.6 Å². The molecule has 1 saturated heterocycles. The molecule has 1 N–H and O–H groups in total. The number of aliphatic imine (C=N–C) groups is 1. The molecule has 7 heteroatoms. The lowest BCUT2D eigenvalue weighted by Crippen LogP contribution is -2.40. The van der Waals surface area contributed by atoms with Gasteiger partial charge in [0.05, 0.1) is 12.7 Å². The third kappa shape index (κ3) is 4.55. The van der Waals surface area contributed by atoms with Crippen LogP contribution in [0.3, 0.4) is 0 Å². The number of likely N-dealkylation sites (tertiary alicyclic amines) is 1. The van der Waals surface area contributed by atoms with E-state index >= 15 is 0 Å². The Morgan fingerprint density at radius 2 is 2.32 bits per heavy atom. The molecule has 25 heavy (non-hydrogen) atoms. The first-order chi connectivity index (χ1) is 12.1. The number of guanidine groups is 1. The van der Waals surface area contributed by atoms with Crippen molar-refractivity contribution < 1.29 is 0 Å². The van der Waals surface area contributed by atoms with Crippen molar-refractivity contribution in [2.24, 2.45) is 12.0 Å². The highest BCUT2D eigenvalue weighted by atomic mass is 79.9. The van der Waals surface area contributed by atoms with Gasteiger partial charge in [-0.1, -0.05) is 33.6 Å². The third-order valence-electron chi connectivity index (χ3n) is 4.43. The summed E-state index contributed by atoms with van der Waals surface area (Å²) in [5, 5.41) is 8.44. The molecule has 1 unspecified atom stereocenters. The predicted octanol–water partition coefficient (Wildman–Crippen LogP) is 3.79. The lowest BCUT2D eigenvalue weighted by Gasteiger charge is -2.21. The molecule has 3 rings (SSSR count). The summed E-state index contributed by atoms with van der Waals surface area (Å²) in [6, 6.07) is 5.92. The summed E-state index contributed by atoms with van der Waals surface area (Å²) in [5.74, 6) is 1.46. The molecular weight excluding hydrogens is 402 g/mol. The van der Waals surface area contributed by atoms with E-state index in [1.165, 1.54) is 5.56 Å². The Labute approximate surface area is 162 Å². The molecule has 1 aliphatic heterocycles. The first-order valence-electron chi connectivity index (χ1n) is 8.52. The number of aromatic nitrogens is 2. The van der Waals surface area contributed by atoms with Crippen molar-refractivity contribution >= 4 is 33.5 Å². The Morgan fingerprint density at radius 3 is 3.00 bits per heavy atom. The van der Waals surface area contributed by atoms with Crippen molar-refractivity contribution in [3.05, 3.63) is 51.2 Å². The number of aryl methyl sites for hydroxylation is 1. The van der Waals surface area contributed by atoms with Crippen LogP contribution in [0, 0.1) is 0 Å². The SMILES string of the molecule is CCNC(=NCc1ccc(Br)cc1Cl)N1CCC(c2cnn(C)c2)C1. The fourth-order valence-corrected chi connectivity index (χ4v) is 3.84. The van der Waals surface area contributed by atoms with E-state index in [2.05, 4.69) is 44.4 Å². The minimum Gasteiger partial charge on any atom is -0.357 e. The Kier molecular flexibility index (Phi) is 6.02. The molecule has 5 nitrogen and oxygen atoms in total. The summed E-state index contributed by atoms with van der Waals surface area (Å²) in [6.07, 6.45) is 5.20. The van der Waals surface area contributed by atoms with E-state index in [1.54, 1.807) is 0 Å². The number of hydrogen-bond donors (Lipinski definition) is 1. The lowest BCUT2D eigenvalue weighted by molar-refractivity contribution is 0.486. The fraction of sp³-hybridized carbons (Fsp3) is 0.444. The van der Waals surface area contributed by atoms with E-state index < -0.39 is 0 Å². The smallest absolute Gasteiger partial charge is 0.194 e. The number of benzene rings is 1. The molecule has 1 aromatic carbocycles. The van der Waals surface area contributed by atoms with Crippen molar-refractivity contribution in [1.82, 2.24) is 20.0 Å². The van der Waals surface area contributed by atoms with Crippen molar-refractivity contribution in [3.8, 4) is 0 Å². The van der Waals surface area contributed by atoms with E-state index in [-0.39, 0.29) is 0 Å². The molecule has 0 radical (unpaired) electrons. The van der Waals surface area contributed by atoms with Crippen molar-refractivity contribution in [2.45, 2.75) is 25.8 Å². The first-order valence-corrected chi connectivity index (χ1v) is 9.69. The Balaban J connectivity index is 1.70. The van der Waals surface area contributed by atoms with E-state index in [0.717, 1.165) is 47.1 Å². The maximum Gasteiger partial charge on any atom is 0.194 e. The fourth-order valence-electron chi connectivity index (χ4n) is 3.11. The quantitative estimate of drug-likeness (QED) is 0.600. The average Bonchev–Trinajstić information content (AvgIpc) is 3.21. The summed E-state index contributed by atoms with van der Waals surface area (Å²) in [7, 11) is 1.96. The molecule has 1 fully saturated rings. The van der Waals surface area contributed by atoms with E-state index in [9.17, 15) is 0 Å². The van der Waals surface area contributed by atoms with Gasteiger partial charge in [0.25, 0.3) is 0 Å². The maximum atomic E-state index is 6.31. The Morgan fingerprint density at radius 1 is 1.48 bits per heavy atom. The normalized spacial score (nSPS) is 18.0. The predicted molar refractivity (Wildman–Crippen MR) is 106 cm³/mol. The molecule has 0 spiro atoms. The minimum absolute atomic E-state index is 0.508. The minimum atomic E-state index is 0.508. The highest BCUT2D eigenvalue weighted by molar-refractivity contribution is 9.10. The van der Waals surface area contributed by atoms with Gasteiger partial charge in [-0.2, -0.15) is 5.10 Å². The lowest BCUT2D eigenvalue weighted by atomic mass is 10.0. The van der Waals surface area contributed by atoms with Gasteiger partial charge in [-0.05, 0) is 36.6 Å². The van der Waals surface area contributed by atoms with Crippen LogP contribution >= 0.6 is 27.5 Å². The van der Waals surface area contributed by atoms with Gasteiger partial charge < -0.3 is 10.2 Å². The second kappa shape index (κ2) is 8.23. The monoisotopic (exact) mass is 423 g/mol. The molecule has 2 heterocycles. The van der Waals surface area contributed by atoms with E-state index in [1.807, 2.05) is 36.1 Å². The van der Waals surface area contributed by atoms with Crippen molar-refractivity contribution in [3.63, 3.8) is 0 Å². The van der Waals surface area contributed by atoms with Crippen LogP contribution in [0.1, 0.15) is 30.4 Å². The molecule has 134 valence electrons. The van der Waals surface area contributed by atoms with Gasteiger partial charge in [-0.15, -0.1) is 0 Å². The maximum absolute atomic E-state index is 6.31. The molecule has 1 aromatic heterocycles. The number of halogens is 2. The van der Waals surface area contributed by atoms with Crippen molar-refractivity contribution in [1.29, 1.82) is 0 Å². The third-order valence-corrected chi connectivity index (χ3v) is 5.28. The van der Waals surface area contributed by atoms with Gasteiger partial charge in [0.1, 0.15) is 0 Å². The summed E-state index contributed by atoms with van der Waals surface area (Å²) >= 11 is 9.75. The summed E-state index contributed by atoms with van der Waals surface area (Å²) < 4.78 is 2.85. The molecule has 1 aliphatic rings. The van der Waals surface area contributed by atoms with Gasteiger partial charge in [-0.3, -0.25) is 4.68 Å².